The van der Waals surface area contributed by atoms with Gasteiger partial charge in [0.1, 0.15) is 4.83 Å². The van der Waals surface area contributed by atoms with Gasteiger partial charge in [-0.25, -0.2) is 4.98 Å². The lowest BCUT2D eigenvalue weighted by Gasteiger charge is -2.25. The van der Waals surface area contributed by atoms with Crippen molar-refractivity contribution >= 4 is 48.9 Å². The first-order valence-corrected chi connectivity index (χ1v) is 9.75. The predicted molar refractivity (Wildman–Crippen MR) is 99.9 cm³/mol. The van der Waals surface area contributed by atoms with Gasteiger partial charge in [-0.15, -0.1) is 11.3 Å². The van der Waals surface area contributed by atoms with Crippen LogP contribution in [0.3, 0.4) is 0 Å². The highest BCUT2D eigenvalue weighted by molar-refractivity contribution is 7.29. The second-order valence-corrected chi connectivity index (χ2v) is 7.94. The van der Waals surface area contributed by atoms with Crippen LogP contribution in [0.5, 0.6) is 0 Å². The van der Waals surface area contributed by atoms with Gasteiger partial charge in [0.05, 0.1) is 28.4 Å². The molecule has 3 aromatic rings. The van der Waals surface area contributed by atoms with E-state index >= 15 is 0 Å². The average Bonchev–Trinajstić information content (AvgIpc) is 3.21. The van der Waals surface area contributed by atoms with E-state index in [4.69, 9.17) is 4.74 Å². The summed E-state index contributed by atoms with van der Waals surface area (Å²) >= 11 is 2.78. The number of amides is 1. The molecule has 4 rings (SSSR count). The van der Waals surface area contributed by atoms with Crippen LogP contribution in [0, 0.1) is 0 Å². The molecule has 3 heterocycles. The van der Waals surface area contributed by atoms with Gasteiger partial charge < -0.3 is 15.0 Å². The molecular weight excluding hydrogens is 399 g/mol. The van der Waals surface area contributed by atoms with Crippen LogP contribution in [0.25, 0.3) is 9.53 Å². The third kappa shape index (κ3) is 3.92. The number of ether oxygens (including phenoxy) is 1. The summed E-state index contributed by atoms with van der Waals surface area (Å²) in [5.74, 6) is -0.363. The van der Waals surface area contributed by atoms with Gasteiger partial charge in [-0.3, -0.25) is 4.79 Å². The normalized spacial score (nSPS) is 15.3. The number of halogens is 3. The summed E-state index contributed by atoms with van der Waals surface area (Å²) in [7, 11) is 0. The lowest BCUT2D eigenvalue weighted by atomic mass is 10.2. The smallest absolute Gasteiger partial charge is 0.378 e. The number of nitrogens with one attached hydrogen (secondary N) is 1. The number of thiophene rings is 1. The molecule has 142 valence electrons. The zero-order valence-electron chi connectivity index (χ0n) is 13.9. The Morgan fingerprint density at radius 2 is 1.85 bits per heavy atom. The minimum Gasteiger partial charge on any atom is -0.378 e. The molecule has 0 saturated carbocycles. The van der Waals surface area contributed by atoms with E-state index in [-0.39, 0.29) is 5.91 Å². The maximum Gasteiger partial charge on any atom is 0.416 e. The molecule has 0 radical (unpaired) electrons. The molecule has 27 heavy (non-hydrogen) atoms. The summed E-state index contributed by atoms with van der Waals surface area (Å²) in [6, 6.07) is 6.13. The molecule has 1 amide bonds. The number of hydrogen-bond donors (Lipinski definition) is 1. The van der Waals surface area contributed by atoms with Gasteiger partial charge in [-0.2, -0.15) is 13.2 Å². The minimum absolute atomic E-state index is 0.312. The molecule has 0 bridgehead atoms. The van der Waals surface area contributed by atoms with E-state index < -0.39 is 11.7 Å². The largest absolute Gasteiger partial charge is 0.416 e. The minimum atomic E-state index is -4.40. The number of carbonyl (C=O) groups is 1. The van der Waals surface area contributed by atoms with E-state index in [9.17, 15) is 18.0 Å². The van der Waals surface area contributed by atoms with Crippen LogP contribution in [-0.4, -0.2) is 37.2 Å². The average molecular weight is 413 g/mol. The van der Waals surface area contributed by atoms with Gasteiger partial charge in [0.15, 0.2) is 5.13 Å². The molecule has 1 N–H and O–H groups in total. The first-order chi connectivity index (χ1) is 12.9. The van der Waals surface area contributed by atoms with E-state index in [2.05, 4.69) is 15.2 Å². The van der Waals surface area contributed by atoms with Crippen LogP contribution in [0.2, 0.25) is 0 Å². The second kappa shape index (κ2) is 7.10. The molecule has 0 aliphatic carbocycles. The monoisotopic (exact) mass is 413 g/mol. The molecule has 10 heteroatoms. The van der Waals surface area contributed by atoms with Crippen molar-refractivity contribution in [3.05, 3.63) is 40.8 Å². The van der Waals surface area contributed by atoms with E-state index in [1.165, 1.54) is 34.8 Å². The third-order valence-corrected chi connectivity index (χ3v) is 6.27. The Labute approximate surface area is 160 Å². The van der Waals surface area contributed by atoms with Gasteiger partial charge >= 0.3 is 6.18 Å². The SMILES string of the molecule is O=C(Nc1ccc(C(F)(F)F)cc1)c1cc2sc(N3CCOCC3)nc2s1. The van der Waals surface area contributed by atoms with Crippen LogP contribution in [0.4, 0.5) is 24.0 Å². The van der Waals surface area contributed by atoms with Crippen LogP contribution >= 0.6 is 22.7 Å². The number of rotatable bonds is 3. The lowest BCUT2D eigenvalue weighted by molar-refractivity contribution is -0.137. The highest BCUT2D eigenvalue weighted by Gasteiger charge is 2.30. The molecular formula is C17H14F3N3O2S2. The highest BCUT2D eigenvalue weighted by atomic mass is 32.1. The molecule has 1 aromatic carbocycles. The Kier molecular flexibility index (Phi) is 4.79. The Bertz CT molecular complexity index is 929. The predicted octanol–water partition coefficient (Wildman–Crippen LogP) is 4.47. The number of aromatic nitrogens is 1. The van der Waals surface area contributed by atoms with Crippen molar-refractivity contribution in [3.8, 4) is 0 Å². The Hall–Kier alpha value is -2.17. The lowest BCUT2D eigenvalue weighted by Crippen LogP contribution is -2.36. The zero-order valence-corrected chi connectivity index (χ0v) is 15.5. The molecule has 1 aliphatic rings. The summed E-state index contributed by atoms with van der Waals surface area (Å²) in [4.78, 5) is 20.4. The molecule has 0 atom stereocenters. The number of nitrogens with zero attached hydrogens (tertiary/aromatic N) is 2. The number of fused-ring (bicyclic) bond motifs is 1. The van der Waals surface area contributed by atoms with Crippen LogP contribution in [-0.2, 0) is 10.9 Å². The Morgan fingerprint density at radius 1 is 1.15 bits per heavy atom. The summed E-state index contributed by atoms with van der Waals surface area (Å²) < 4.78 is 44.0. The topological polar surface area (TPSA) is 54.5 Å². The fourth-order valence-corrected chi connectivity index (χ4v) is 4.82. The number of alkyl halides is 3. The fraction of sp³-hybridized carbons (Fsp3) is 0.294. The van der Waals surface area contributed by atoms with Gasteiger partial charge in [-0.05, 0) is 30.3 Å². The summed E-state index contributed by atoms with van der Waals surface area (Å²) in [5.41, 5.74) is -0.441. The van der Waals surface area contributed by atoms with Crippen molar-refractivity contribution in [3.63, 3.8) is 0 Å². The van der Waals surface area contributed by atoms with E-state index in [0.29, 0.717) is 23.8 Å². The van der Waals surface area contributed by atoms with Crippen LogP contribution in [0.15, 0.2) is 30.3 Å². The standard InChI is InChI=1S/C17H14F3N3O2S2/c18-17(19,20)10-1-3-11(4-2-10)21-14(24)12-9-13-15(26-12)22-16(27-13)23-5-7-25-8-6-23/h1-4,9H,5-8H2,(H,21,24). The summed E-state index contributed by atoms with van der Waals surface area (Å²) in [6.45, 7) is 2.94. The summed E-state index contributed by atoms with van der Waals surface area (Å²) in [6.07, 6.45) is -4.40. The maximum atomic E-state index is 12.6. The number of carbonyl (C=O) groups excluding carboxylic acids is 1. The van der Waals surface area contributed by atoms with Crippen molar-refractivity contribution in [1.29, 1.82) is 0 Å². The molecule has 1 fully saturated rings. The van der Waals surface area contributed by atoms with Gasteiger partial charge in [0.25, 0.3) is 5.91 Å². The van der Waals surface area contributed by atoms with Crippen LogP contribution in [0.1, 0.15) is 15.2 Å². The van der Waals surface area contributed by atoms with Crippen LogP contribution < -0.4 is 10.2 Å². The van der Waals surface area contributed by atoms with Crippen molar-refractivity contribution < 1.29 is 22.7 Å². The number of thiazole rings is 1. The fourth-order valence-electron chi connectivity index (χ4n) is 2.66. The first-order valence-electron chi connectivity index (χ1n) is 8.12. The van der Waals surface area contributed by atoms with Gasteiger partial charge in [0, 0.05) is 18.8 Å². The first kappa shape index (κ1) is 18.2. The second-order valence-electron chi connectivity index (χ2n) is 5.91. The quantitative estimate of drug-likeness (QED) is 0.689. The number of anilines is 2. The molecule has 0 unspecified atom stereocenters. The van der Waals surface area contributed by atoms with Gasteiger partial charge in [0.2, 0.25) is 0 Å². The summed E-state index contributed by atoms with van der Waals surface area (Å²) in [5, 5.41) is 3.53. The Balaban J connectivity index is 1.47. The Morgan fingerprint density at radius 3 is 2.48 bits per heavy atom. The molecule has 1 aliphatic heterocycles. The van der Waals surface area contributed by atoms with Crippen molar-refractivity contribution in [2.24, 2.45) is 0 Å². The molecule has 5 nitrogen and oxygen atoms in total. The molecule has 1 saturated heterocycles. The van der Waals surface area contributed by atoms with Crippen molar-refractivity contribution in [2.75, 3.05) is 36.5 Å². The number of hydrogen-bond acceptors (Lipinski definition) is 6. The highest BCUT2D eigenvalue weighted by Crippen LogP contribution is 2.35. The molecule has 2 aromatic heterocycles. The van der Waals surface area contributed by atoms with E-state index in [1.54, 1.807) is 6.07 Å². The van der Waals surface area contributed by atoms with Gasteiger partial charge in [-0.1, -0.05) is 11.3 Å². The number of benzene rings is 1. The van der Waals surface area contributed by atoms with Crippen molar-refractivity contribution in [2.45, 2.75) is 6.18 Å². The third-order valence-electron chi connectivity index (χ3n) is 4.05. The van der Waals surface area contributed by atoms with E-state index in [1.807, 2.05) is 0 Å². The van der Waals surface area contributed by atoms with E-state index in [0.717, 1.165) is 39.9 Å². The maximum absolute atomic E-state index is 12.6. The zero-order chi connectivity index (χ0) is 19.0. The number of morpholine rings is 1. The molecule has 0 spiro atoms. The van der Waals surface area contributed by atoms with Crippen molar-refractivity contribution in [1.82, 2.24) is 4.98 Å².